The molecule has 0 spiro atoms. The van der Waals surface area contributed by atoms with Gasteiger partial charge in [-0.1, -0.05) is 95.8 Å². The van der Waals surface area contributed by atoms with Crippen LogP contribution in [0.4, 0.5) is 4.79 Å². The predicted molar refractivity (Wildman–Crippen MR) is 200 cm³/mol. The zero-order valence-corrected chi connectivity index (χ0v) is 32.1. The van der Waals surface area contributed by atoms with E-state index in [0.717, 1.165) is 48.8 Å². The Morgan fingerprint density at radius 3 is 2.38 bits per heavy atom. The van der Waals surface area contributed by atoms with Gasteiger partial charge in [0.1, 0.15) is 29.5 Å². The van der Waals surface area contributed by atoms with Crippen molar-refractivity contribution in [2.75, 3.05) is 13.2 Å². The van der Waals surface area contributed by atoms with Crippen molar-refractivity contribution in [3.8, 4) is 16.9 Å². The second-order valence-electron chi connectivity index (χ2n) is 16.2. The van der Waals surface area contributed by atoms with Crippen LogP contribution in [0.25, 0.3) is 11.1 Å². The van der Waals surface area contributed by atoms with Crippen LogP contribution in [0.3, 0.4) is 0 Å². The Hall–Kier alpha value is -4.13. The number of nitrogens with zero attached hydrogens (tertiary/aromatic N) is 1. The average molecular weight is 751 g/mol. The standard InChI is InChI=1S/C40H54N4O8S/c1-5-29-24-40(29,37(47)43-53(49,50)31-19-20-31)42-35(45)32-23-30-25-44(32)36(46)34(39(2,3)4)41-38(48)51-21-13-8-6-7-10-16-27-17-18-28(22-33(27)52-30)26-14-11-9-12-15-26/h9,11-12,14-15,17-18,22,29-32,34H,5-8,10,13,16,19-21,23-25H2,1-4H3,(H,41,48)(H,42,45)(H,43,47)/t29-,30+,32-,34+,40-/m0/s1. The van der Waals surface area contributed by atoms with Crippen molar-refractivity contribution in [2.45, 2.75) is 127 Å². The number of cyclic esters (lactones) is 1. The summed E-state index contributed by atoms with van der Waals surface area (Å²) in [7, 11) is -3.85. The third-order valence-corrected chi connectivity index (χ3v) is 12.9. The molecule has 2 aromatic rings. The van der Waals surface area contributed by atoms with Gasteiger partial charge in [-0.2, -0.15) is 0 Å². The van der Waals surface area contributed by atoms with Crippen LogP contribution in [0.5, 0.6) is 5.75 Å². The maximum atomic E-state index is 14.6. The smallest absolute Gasteiger partial charge is 0.407 e. The van der Waals surface area contributed by atoms with Crippen LogP contribution in [0, 0.1) is 11.3 Å². The fourth-order valence-electron chi connectivity index (χ4n) is 7.62. The minimum atomic E-state index is -3.85. The first-order chi connectivity index (χ1) is 25.2. The third-order valence-electron chi connectivity index (χ3n) is 11.1. The lowest BCUT2D eigenvalue weighted by Crippen LogP contribution is -2.60. The zero-order chi connectivity index (χ0) is 38.0. The van der Waals surface area contributed by atoms with Crippen LogP contribution in [0.2, 0.25) is 0 Å². The van der Waals surface area contributed by atoms with Crippen molar-refractivity contribution in [3.05, 3.63) is 54.1 Å². The average Bonchev–Trinajstić information content (AvgIpc) is 4.05. The van der Waals surface area contributed by atoms with E-state index < -0.39 is 68.2 Å². The molecule has 13 heteroatoms. The molecule has 1 saturated heterocycles. The number of fused-ring (bicyclic) bond motifs is 3. The van der Waals surface area contributed by atoms with Crippen LogP contribution in [-0.4, -0.2) is 79.3 Å². The molecule has 2 bridgehead atoms. The quantitative estimate of drug-likeness (QED) is 0.347. The van der Waals surface area contributed by atoms with Gasteiger partial charge >= 0.3 is 6.09 Å². The molecule has 0 radical (unpaired) electrons. The number of hydrogen-bond donors (Lipinski definition) is 3. The van der Waals surface area contributed by atoms with Crippen LogP contribution in [-0.2, 0) is 35.6 Å². The summed E-state index contributed by atoms with van der Waals surface area (Å²) in [5, 5.41) is 5.08. The van der Waals surface area contributed by atoms with E-state index in [1.165, 1.54) is 4.90 Å². The Bertz CT molecular complexity index is 1790. The van der Waals surface area contributed by atoms with Gasteiger partial charge in [0, 0.05) is 6.42 Å². The summed E-state index contributed by atoms with van der Waals surface area (Å²) < 4.78 is 40.0. The van der Waals surface area contributed by atoms with E-state index in [9.17, 15) is 27.6 Å². The Kier molecular flexibility index (Phi) is 11.4. The van der Waals surface area contributed by atoms with Gasteiger partial charge in [-0.25, -0.2) is 13.2 Å². The molecule has 53 heavy (non-hydrogen) atoms. The second-order valence-corrected chi connectivity index (χ2v) is 18.2. The van der Waals surface area contributed by atoms with E-state index in [1.54, 1.807) is 0 Å². The van der Waals surface area contributed by atoms with Crippen LogP contribution in [0.15, 0.2) is 48.5 Å². The SMILES string of the molecule is CC[C@H]1C[C@@]1(NC(=O)[C@@H]1C[C@@H]2CN1C(=O)[C@H](C(C)(C)C)NC(=O)OCCCCCCCc1ccc(-c3ccccc3)cc1O2)C(=O)NS(=O)(=O)C1CC1. The molecule has 0 aromatic heterocycles. The zero-order valence-electron chi connectivity index (χ0n) is 31.3. The van der Waals surface area contributed by atoms with Crippen LogP contribution in [0.1, 0.15) is 97.5 Å². The third kappa shape index (κ3) is 8.99. The van der Waals surface area contributed by atoms with Gasteiger partial charge in [0.2, 0.25) is 21.8 Å². The summed E-state index contributed by atoms with van der Waals surface area (Å²) in [5.74, 6) is -1.36. The Labute approximate surface area is 313 Å². The van der Waals surface area contributed by atoms with Crippen molar-refractivity contribution in [1.82, 2.24) is 20.3 Å². The summed E-state index contributed by atoms with van der Waals surface area (Å²) in [6.07, 6.45) is 5.98. The summed E-state index contributed by atoms with van der Waals surface area (Å²) in [5.41, 5.74) is 0.894. The number of aryl methyl sites for hydroxylation is 1. The van der Waals surface area contributed by atoms with Gasteiger partial charge in [-0.05, 0) is 72.6 Å². The number of rotatable bonds is 7. The van der Waals surface area contributed by atoms with Crippen molar-refractivity contribution in [3.63, 3.8) is 0 Å². The molecular weight excluding hydrogens is 697 g/mol. The number of nitrogens with one attached hydrogen (secondary N) is 3. The summed E-state index contributed by atoms with van der Waals surface area (Å²) in [6.45, 7) is 7.67. The van der Waals surface area contributed by atoms with Crippen molar-refractivity contribution in [2.24, 2.45) is 11.3 Å². The number of hydrogen-bond acceptors (Lipinski definition) is 8. The molecule has 2 saturated carbocycles. The van der Waals surface area contributed by atoms with E-state index in [1.807, 2.05) is 64.1 Å². The molecule has 3 N–H and O–H groups in total. The molecule has 2 aliphatic carbocycles. The minimum Gasteiger partial charge on any atom is -0.488 e. The van der Waals surface area contributed by atoms with Crippen molar-refractivity contribution >= 4 is 33.8 Å². The van der Waals surface area contributed by atoms with E-state index in [0.29, 0.717) is 31.4 Å². The molecule has 2 aliphatic heterocycles. The number of ether oxygens (including phenoxy) is 2. The first kappa shape index (κ1) is 38.6. The maximum absolute atomic E-state index is 14.6. The second kappa shape index (κ2) is 15.7. The molecule has 2 aromatic carbocycles. The number of sulfonamides is 1. The summed E-state index contributed by atoms with van der Waals surface area (Å²) in [6, 6.07) is 14.1. The molecule has 12 nitrogen and oxygen atoms in total. The van der Waals surface area contributed by atoms with Crippen molar-refractivity contribution in [1.29, 1.82) is 0 Å². The van der Waals surface area contributed by atoms with Crippen LogP contribution < -0.4 is 20.1 Å². The molecule has 6 rings (SSSR count). The van der Waals surface area contributed by atoms with Gasteiger partial charge in [-0.15, -0.1) is 0 Å². The Morgan fingerprint density at radius 1 is 0.981 bits per heavy atom. The van der Waals surface area contributed by atoms with Gasteiger partial charge < -0.3 is 25.0 Å². The highest BCUT2D eigenvalue weighted by Gasteiger charge is 2.62. The summed E-state index contributed by atoms with van der Waals surface area (Å²) in [4.78, 5) is 56.9. The fraction of sp³-hybridized carbons (Fsp3) is 0.600. The van der Waals surface area contributed by atoms with Gasteiger partial charge in [-0.3, -0.25) is 19.1 Å². The number of benzene rings is 2. The van der Waals surface area contributed by atoms with Crippen LogP contribution >= 0.6 is 0 Å². The normalized spacial score (nSPS) is 27.2. The van der Waals surface area contributed by atoms with Gasteiger partial charge in [0.05, 0.1) is 18.4 Å². The van der Waals surface area contributed by atoms with E-state index in [4.69, 9.17) is 9.47 Å². The number of amides is 4. The lowest BCUT2D eigenvalue weighted by atomic mass is 9.85. The highest BCUT2D eigenvalue weighted by Crippen LogP contribution is 2.47. The monoisotopic (exact) mass is 750 g/mol. The van der Waals surface area contributed by atoms with E-state index >= 15 is 0 Å². The van der Waals surface area contributed by atoms with Crippen molar-refractivity contribution < 1.29 is 37.1 Å². The largest absolute Gasteiger partial charge is 0.488 e. The number of alkyl carbamates (subject to hydrolysis) is 1. The lowest BCUT2D eigenvalue weighted by molar-refractivity contribution is -0.142. The minimum absolute atomic E-state index is 0.0572. The summed E-state index contributed by atoms with van der Waals surface area (Å²) >= 11 is 0. The first-order valence-corrected chi connectivity index (χ1v) is 20.7. The molecule has 5 atom stereocenters. The fourth-order valence-corrected chi connectivity index (χ4v) is 8.98. The van der Waals surface area contributed by atoms with Gasteiger partial charge in [0.15, 0.2) is 0 Å². The molecule has 288 valence electrons. The van der Waals surface area contributed by atoms with Gasteiger partial charge in [0.25, 0.3) is 5.91 Å². The highest BCUT2D eigenvalue weighted by molar-refractivity contribution is 7.91. The lowest BCUT2D eigenvalue weighted by Gasteiger charge is -2.35. The first-order valence-electron chi connectivity index (χ1n) is 19.2. The topological polar surface area (TPSA) is 160 Å². The number of carbonyl (C=O) groups is 4. The highest BCUT2D eigenvalue weighted by atomic mass is 32.2. The number of carbonyl (C=O) groups excluding carboxylic acids is 4. The van der Waals surface area contributed by atoms with E-state index in [2.05, 4.69) is 27.5 Å². The molecule has 4 aliphatic rings. The molecular formula is C40H54N4O8S. The Morgan fingerprint density at radius 2 is 1.70 bits per heavy atom. The molecule has 2 heterocycles. The molecule has 0 unspecified atom stereocenters. The maximum Gasteiger partial charge on any atom is 0.407 e. The predicted octanol–water partition coefficient (Wildman–Crippen LogP) is 5.24. The Balaban J connectivity index is 1.32. The molecule has 3 fully saturated rings. The van der Waals surface area contributed by atoms with E-state index in [-0.39, 0.29) is 31.9 Å². The molecule has 4 amide bonds.